The summed E-state index contributed by atoms with van der Waals surface area (Å²) in [6.07, 6.45) is 0.211. The lowest BCUT2D eigenvalue weighted by Crippen LogP contribution is -2.38. The first kappa shape index (κ1) is 24.8. The second-order valence-electron chi connectivity index (χ2n) is 7.77. The highest BCUT2D eigenvalue weighted by Gasteiger charge is 2.31. The summed E-state index contributed by atoms with van der Waals surface area (Å²) < 4.78 is 16.1. The van der Waals surface area contributed by atoms with Crippen LogP contribution in [0.15, 0.2) is 65.6 Å². The Kier molecular flexibility index (Phi) is 7.73. The van der Waals surface area contributed by atoms with Crippen LogP contribution in [-0.2, 0) is 9.59 Å². The Labute approximate surface area is 213 Å². The van der Waals surface area contributed by atoms with E-state index in [1.165, 1.54) is 12.0 Å². The Balaban J connectivity index is 1.60. The number of nitrogens with one attached hydrogen (secondary N) is 1. The largest absolute Gasteiger partial charge is 0.495 e. The molecule has 0 aliphatic carbocycles. The summed E-state index contributed by atoms with van der Waals surface area (Å²) in [6.45, 7) is -0.148. The molecule has 182 valence electrons. The maximum Gasteiger partial charge on any atom is 0.244 e. The predicted molar refractivity (Wildman–Crippen MR) is 138 cm³/mol. The summed E-state index contributed by atoms with van der Waals surface area (Å²) in [5.74, 6) is 1.19. The number of hydrogen-bond acceptors (Lipinski definition) is 6. The molecule has 0 fully saturated rings. The summed E-state index contributed by atoms with van der Waals surface area (Å²) in [4.78, 5) is 28.9. The Hall–Kier alpha value is -3.36. The van der Waals surface area contributed by atoms with Crippen molar-refractivity contribution in [1.82, 2.24) is 0 Å². The summed E-state index contributed by atoms with van der Waals surface area (Å²) in [5.41, 5.74) is 2.07. The van der Waals surface area contributed by atoms with Crippen LogP contribution in [0.3, 0.4) is 0 Å². The van der Waals surface area contributed by atoms with Crippen molar-refractivity contribution in [2.45, 2.75) is 16.6 Å². The van der Waals surface area contributed by atoms with E-state index in [0.717, 1.165) is 10.5 Å². The van der Waals surface area contributed by atoms with Crippen LogP contribution in [0.1, 0.15) is 17.2 Å². The second kappa shape index (κ2) is 10.9. The van der Waals surface area contributed by atoms with E-state index in [2.05, 4.69) is 5.32 Å². The average molecular weight is 513 g/mol. The van der Waals surface area contributed by atoms with Crippen molar-refractivity contribution in [2.24, 2.45) is 0 Å². The zero-order valence-electron chi connectivity index (χ0n) is 19.5. The first-order valence-electron chi connectivity index (χ1n) is 10.8. The molecule has 0 aromatic heterocycles. The molecule has 9 heteroatoms. The van der Waals surface area contributed by atoms with Crippen LogP contribution in [0.4, 0.5) is 11.4 Å². The van der Waals surface area contributed by atoms with E-state index in [4.69, 9.17) is 25.8 Å². The minimum Gasteiger partial charge on any atom is -0.495 e. The van der Waals surface area contributed by atoms with Gasteiger partial charge in [-0.3, -0.25) is 9.59 Å². The van der Waals surface area contributed by atoms with Crippen molar-refractivity contribution in [1.29, 1.82) is 0 Å². The molecule has 7 nitrogen and oxygen atoms in total. The first-order valence-corrected chi connectivity index (χ1v) is 12.1. The maximum atomic E-state index is 13.4. The molecule has 0 saturated carbocycles. The van der Waals surface area contributed by atoms with Gasteiger partial charge in [0.1, 0.15) is 12.3 Å². The smallest absolute Gasteiger partial charge is 0.244 e. The lowest BCUT2D eigenvalue weighted by molar-refractivity contribution is -0.121. The molecule has 3 aromatic carbocycles. The van der Waals surface area contributed by atoms with Crippen LogP contribution in [0.2, 0.25) is 5.02 Å². The van der Waals surface area contributed by atoms with Gasteiger partial charge < -0.3 is 24.4 Å². The molecule has 35 heavy (non-hydrogen) atoms. The number of carbonyl (C=O) groups is 2. The van der Waals surface area contributed by atoms with Crippen molar-refractivity contribution in [3.63, 3.8) is 0 Å². The molecule has 0 radical (unpaired) electrons. The van der Waals surface area contributed by atoms with E-state index in [0.29, 0.717) is 33.6 Å². The van der Waals surface area contributed by atoms with Crippen molar-refractivity contribution in [3.05, 3.63) is 71.2 Å². The third-order valence-corrected chi connectivity index (χ3v) is 7.16. The number of fused-ring (bicyclic) bond motifs is 1. The first-order chi connectivity index (χ1) is 16.9. The molecule has 0 saturated heterocycles. The highest BCUT2D eigenvalue weighted by atomic mass is 35.5. The average Bonchev–Trinajstić information content (AvgIpc) is 3.00. The van der Waals surface area contributed by atoms with E-state index < -0.39 is 0 Å². The van der Waals surface area contributed by atoms with Crippen LogP contribution in [0.25, 0.3) is 0 Å². The monoisotopic (exact) mass is 512 g/mol. The molecule has 1 atom stereocenters. The van der Waals surface area contributed by atoms with Crippen molar-refractivity contribution in [3.8, 4) is 17.2 Å². The number of anilines is 2. The van der Waals surface area contributed by atoms with Crippen molar-refractivity contribution in [2.75, 3.05) is 38.1 Å². The maximum absolute atomic E-state index is 13.4. The highest BCUT2D eigenvalue weighted by molar-refractivity contribution is 7.99. The molecule has 1 heterocycles. The summed E-state index contributed by atoms with van der Waals surface area (Å²) >= 11 is 7.67. The Morgan fingerprint density at radius 2 is 1.71 bits per heavy atom. The van der Waals surface area contributed by atoms with Gasteiger partial charge >= 0.3 is 0 Å². The van der Waals surface area contributed by atoms with Crippen LogP contribution >= 0.6 is 23.4 Å². The number of ether oxygens (including phenoxy) is 3. The summed E-state index contributed by atoms with van der Waals surface area (Å²) in [7, 11) is 4.68. The summed E-state index contributed by atoms with van der Waals surface area (Å²) in [6, 6.07) is 18.2. The molecular formula is C26H25ClN2O5S. The van der Waals surface area contributed by atoms with Gasteiger partial charge in [0.25, 0.3) is 0 Å². The molecule has 0 spiro atoms. The van der Waals surface area contributed by atoms with E-state index in [-0.39, 0.29) is 30.0 Å². The van der Waals surface area contributed by atoms with Gasteiger partial charge in [0.05, 0.1) is 32.7 Å². The lowest BCUT2D eigenvalue weighted by Gasteiger charge is -2.22. The van der Waals surface area contributed by atoms with Gasteiger partial charge in [0.2, 0.25) is 11.8 Å². The molecule has 1 aliphatic heterocycles. The zero-order chi connectivity index (χ0) is 24.9. The van der Waals surface area contributed by atoms with Gasteiger partial charge in [-0.15, -0.1) is 11.8 Å². The van der Waals surface area contributed by atoms with Crippen LogP contribution < -0.4 is 24.4 Å². The second-order valence-corrected chi connectivity index (χ2v) is 9.45. The van der Waals surface area contributed by atoms with E-state index in [1.807, 2.05) is 42.5 Å². The fourth-order valence-corrected chi connectivity index (χ4v) is 5.34. The molecule has 3 aromatic rings. The number of methoxy groups -OCH3 is 3. The van der Waals surface area contributed by atoms with Gasteiger partial charge in [0, 0.05) is 21.6 Å². The third kappa shape index (κ3) is 5.49. The van der Waals surface area contributed by atoms with Crippen LogP contribution in [0.5, 0.6) is 17.2 Å². The minimum absolute atomic E-state index is 0.148. The normalized spacial score (nSPS) is 15.1. The minimum atomic E-state index is -0.358. The SMILES string of the molecule is COc1ccc(Cl)cc1NC(=O)CN1C(=O)CC(c2ccc(OC)c(OC)c2)Sc2ccccc21. The number of carbonyl (C=O) groups excluding carboxylic acids is 2. The topological polar surface area (TPSA) is 77.1 Å². The number of amides is 2. The third-order valence-electron chi connectivity index (χ3n) is 5.60. The number of benzene rings is 3. The fourth-order valence-electron chi connectivity index (χ4n) is 3.90. The Morgan fingerprint density at radius 3 is 2.46 bits per heavy atom. The van der Waals surface area contributed by atoms with Crippen molar-refractivity contribution >= 4 is 46.6 Å². The van der Waals surface area contributed by atoms with Crippen molar-refractivity contribution < 1.29 is 23.8 Å². The molecule has 1 unspecified atom stereocenters. The Morgan fingerprint density at radius 1 is 1.00 bits per heavy atom. The fraction of sp³-hybridized carbons (Fsp3) is 0.231. The van der Waals surface area contributed by atoms with Gasteiger partial charge in [-0.25, -0.2) is 0 Å². The van der Waals surface area contributed by atoms with Gasteiger partial charge in [-0.2, -0.15) is 0 Å². The number of para-hydroxylation sites is 1. The number of rotatable bonds is 7. The standard InChI is InChI=1S/C26H25ClN2O5S/c1-32-20-11-9-17(27)13-18(20)28-25(30)15-29-19-6-4-5-7-23(19)35-24(14-26(29)31)16-8-10-21(33-2)22(12-16)34-3/h4-13,24H,14-15H2,1-3H3,(H,28,30). The van der Waals surface area contributed by atoms with Crippen LogP contribution in [-0.4, -0.2) is 39.7 Å². The predicted octanol–water partition coefficient (Wildman–Crippen LogP) is 5.57. The number of halogens is 1. The number of thioether (sulfide) groups is 1. The molecule has 1 N–H and O–H groups in total. The van der Waals surface area contributed by atoms with Gasteiger partial charge in [-0.1, -0.05) is 29.8 Å². The van der Waals surface area contributed by atoms with E-state index >= 15 is 0 Å². The molecule has 1 aliphatic rings. The Bertz CT molecular complexity index is 1250. The quantitative estimate of drug-likeness (QED) is 0.445. The number of hydrogen-bond donors (Lipinski definition) is 1. The lowest BCUT2D eigenvalue weighted by atomic mass is 10.1. The molecule has 0 bridgehead atoms. The highest BCUT2D eigenvalue weighted by Crippen LogP contribution is 2.46. The zero-order valence-corrected chi connectivity index (χ0v) is 21.1. The molecule has 4 rings (SSSR count). The van der Waals surface area contributed by atoms with Gasteiger partial charge in [-0.05, 0) is 48.0 Å². The molecule has 2 amide bonds. The summed E-state index contributed by atoms with van der Waals surface area (Å²) in [5, 5.41) is 3.11. The molecular weight excluding hydrogens is 488 g/mol. The number of nitrogens with zero attached hydrogens (tertiary/aromatic N) is 1. The van der Waals surface area contributed by atoms with Crippen LogP contribution in [0, 0.1) is 0 Å². The van der Waals surface area contributed by atoms with E-state index in [9.17, 15) is 9.59 Å². The van der Waals surface area contributed by atoms with E-state index in [1.54, 1.807) is 44.2 Å². The van der Waals surface area contributed by atoms with Gasteiger partial charge in [0.15, 0.2) is 11.5 Å².